The third kappa shape index (κ3) is 3.90. The standard InChI is InChI=1S/C22H18N4O3/c27-13-20(22(29)25-15-7-8-18-14(12-15)4-3-10-23-18)26-21(28)17-9-11-24-19-6-2-1-5-16(17)19/h1-12,20,27H,13H2,(H,25,29)(H,26,28)/t20-/m0/s1. The number of fused-ring (bicyclic) bond motifs is 2. The van der Waals surface area contributed by atoms with Crippen LogP contribution < -0.4 is 10.6 Å². The first kappa shape index (κ1) is 18.5. The van der Waals surface area contributed by atoms with Crippen LogP contribution in [0.25, 0.3) is 21.8 Å². The van der Waals surface area contributed by atoms with E-state index in [-0.39, 0.29) is 0 Å². The fourth-order valence-corrected chi connectivity index (χ4v) is 3.11. The molecule has 144 valence electrons. The molecule has 0 saturated carbocycles. The predicted molar refractivity (Wildman–Crippen MR) is 110 cm³/mol. The summed E-state index contributed by atoms with van der Waals surface area (Å²) >= 11 is 0. The molecule has 0 spiro atoms. The Bertz CT molecular complexity index is 1200. The lowest BCUT2D eigenvalue weighted by molar-refractivity contribution is -0.118. The lowest BCUT2D eigenvalue weighted by Crippen LogP contribution is -2.46. The Labute approximate surface area is 166 Å². The number of aromatic nitrogens is 2. The number of rotatable bonds is 5. The van der Waals surface area contributed by atoms with Crippen LogP contribution in [-0.4, -0.2) is 39.5 Å². The van der Waals surface area contributed by atoms with Crippen LogP contribution in [0.4, 0.5) is 5.69 Å². The number of carbonyl (C=O) groups is 2. The van der Waals surface area contributed by atoms with Crippen molar-refractivity contribution in [1.29, 1.82) is 0 Å². The van der Waals surface area contributed by atoms with Crippen LogP contribution in [0.5, 0.6) is 0 Å². The maximum Gasteiger partial charge on any atom is 0.252 e. The molecule has 2 aromatic heterocycles. The van der Waals surface area contributed by atoms with Crippen LogP contribution in [0, 0.1) is 0 Å². The molecule has 0 radical (unpaired) electrons. The summed E-state index contributed by atoms with van der Waals surface area (Å²) < 4.78 is 0. The zero-order valence-corrected chi connectivity index (χ0v) is 15.4. The van der Waals surface area contributed by atoms with Crippen molar-refractivity contribution in [2.45, 2.75) is 6.04 Å². The van der Waals surface area contributed by atoms with Gasteiger partial charge in [0.2, 0.25) is 5.91 Å². The van der Waals surface area contributed by atoms with Crippen LogP contribution >= 0.6 is 0 Å². The number of benzene rings is 2. The summed E-state index contributed by atoms with van der Waals surface area (Å²) in [4.78, 5) is 33.8. The zero-order valence-electron chi connectivity index (χ0n) is 15.4. The van der Waals surface area contributed by atoms with E-state index >= 15 is 0 Å². The van der Waals surface area contributed by atoms with Crippen LogP contribution in [0.1, 0.15) is 10.4 Å². The molecule has 3 N–H and O–H groups in total. The fourth-order valence-electron chi connectivity index (χ4n) is 3.11. The summed E-state index contributed by atoms with van der Waals surface area (Å²) in [5, 5.41) is 16.5. The van der Waals surface area contributed by atoms with Gasteiger partial charge >= 0.3 is 0 Å². The van der Waals surface area contributed by atoms with E-state index in [1.54, 1.807) is 42.6 Å². The van der Waals surface area contributed by atoms with E-state index in [2.05, 4.69) is 20.6 Å². The monoisotopic (exact) mass is 386 g/mol. The second-order valence-electron chi connectivity index (χ2n) is 6.48. The fraction of sp³-hybridized carbons (Fsp3) is 0.0909. The lowest BCUT2D eigenvalue weighted by atomic mass is 10.1. The highest BCUT2D eigenvalue weighted by Crippen LogP contribution is 2.18. The number of hydrogen-bond acceptors (Lipinski definition) is 5. The van der Waals surface area contributed by atoms with Gasteiger partial charge in [0.15, 0.2) is 0 Å². The van der Waals surface area contributed by atoms with Crippen molar-refractivity contribution in [3.63, 3.8) is 0 Å². The van der Waals surface area contributed by atoms with Crippen LogP contribution in [0.15, 0.2) is 73.1 Å². The Morgan fingerprint density at radius 3 is 2.62 bits per heavy atom. The number of aliphatic hydroxyl groups excluding tert-OH is 1. The first-order valence-electron chi connectivity index (χ1n) is 9.07. The maximum absolute atomic E-state index is 12.7. The number of aliphatic hydroxyl groups is 1. The number of para-hydroxylation sites is 1. The molecule has 0 aliphatic rings. The van der Waals surface area contributed by atoms with Gasteiger partial charge < -0.3 is 15.7 Å². The van der Waals surface area contributed by atoms with Crippen LogP contribution in [0.2, 0.25) is 0 Å². The number of amides is 2. The SMILES string of the molecule is O=C(N[C@@H](CO)C(=O)Nc1ccc2ncccc2c1)c1ccnc2ccccc12. The summed E-state index contributed by atoms with van der Waals surface area (Å²) in [6, 6.07) is 16.7. The number of hydrogen-bond donors (Lipinski definition) is 3. The molecule has 0 unspecified atom stereocenters. The molecule has 2 heterocycles. The third-order valence-corrected chi connectivity index (χ3v) is 4.57. The Morgan fingerprint density at radius 1 is 0.931 bits per heavy atom. The van der Waals surface area contributed by atoms with E-state index in [9.17, 15) is 14.7 Å². The zero-order chi connectivity index (χ0) is 20.2. The molecule has 2 amide bonds. The molecule has 0 aliphatic heterocycles. The molecular weight excluding hydrogens is 368 g/mol. The summed E-state index contributed by atoms with van der Waals surface area (Å²) in [6.45, 7) is -0.532. The molecule has 4 aromatic rings. The second-order valence-corrected chi connectivity index (χ2v) is 6.48. The first-order valence-corrected chi connectivity index (χ1v) is 9.07. The molecule has 7 heteroatoms. The Morgan fingerprint density at radius 2 is 1.76 bits per heavy atom. The molecule has 1 atom stereocenters. The Hall–Kier alpha value is -3.84. The molecule has 7 nitrogen and oxygen atoms in total. The number of nitrogens with one attached hydrogen (secondary N) is 2. The normalized spacial score (nSPS) is 11.9. The first-order chi connectivity index (χ1) is 14.2. The number of anilines is 1. The van der Waals surface area contributed by atoms with Crippen molar-refractivity contribution in [1.82, 2.24) is 15.3 Å². The summed E-state index contributed by atoms with van der Waals surface area (Å²) in [7, 11) is 0. The van der Waals surface area contributed by atoms with E-state index in [1.807, 2.05) is 24.3 Å². The predicted octanol–water partition coefficient (Wildman–Crippen LogP) is 2.51. The van der Waals surface area contributed by atoms with Crippen LogP contribution in [-0.2, 0) is 4.79 Å². The van der Waals surface area contributed by atoms with Crippen molar-refractivity contribution in [3.05, 3.63) is 78.6 Å². The molecular formula is C22H18N4O3. The van der Waals surface area contributed by atoms with Gasteiger partial charge in [0.1, 0.15) is 6.04 Å². The highest BCUT2D eigenvalue weighted by molar-refractivity contribution is 6.08. The highest BCUT2D eigenvalue weighted by atomic mass is 16.3. The minimum atomic E-state index is -1.10. The summed E-state index contributed by atoms with van der Waals surface area (Å²) in [6.07, 6.45) is 3.23. The largest absolute Gasteiger partial charge is 0.394 e. The molecule has 0 aliphatic carbocycles. The van der Waals surface area contributed by atoms with Crippen molar-refractivity contribution >= 4 is 39.3 Å². The van der Waals surface area contributed by atoms with Crippen molar-refractivity contribution in [2.75, 3.05) is 11.9 Å². The van der Waals surface area contributed by atoms with Gasteiger partial charge in [0.05, 0.1) is 23.2 Å². The molecule has 29 heavy (non-hydrogen) atoms. The second kappa shape index (κ2) is 8.04. The average molecular weight is 386 g/mol. The number of carbonyl (C=O) groups excluding carboxylic acids is 2. The Kier molecular flexibility index (Phi) is 5.13. The smallest absolute Gasteiger partial charge is 0.252 e. The van der Waals surface area contributed by atoms with Gasteiger partial charge in [-0.25, -0.2) is 0 Å². The van der Waals surface area contributed by atoms with Crippen molar-refractivity contribution in [2.24, 2.45) is 0 Å². The topological polar surface area (TPSA) is 104 Å². The molecule has 4 rings (SSSR count). The molecule has 0 fully saturated rings. The van der Waals surface area contributed by atoms with Gasteiger partial charge in [0.25, 0.3) is 5.91 Å². The van der Waals surface area contributed by atoms with Gasteiger partial charge in [-0.1, -0.05) is 24.3 Å². The average Bonchev–Trinajstić information content (AvgIpc) is 2.76. The van der Waals surface area contributed by atoms with Crippen molar-refractivity contribution in [3.8, 4) is 0 Å². The number of nitrogens with zero attached hydrogens (tertiary/aromatic N) is 2. The molecule has 2 aromatic carbocycles. The lowest BCUT2D eigenvalue weighted by Gasteiger charge is -2.17. The number of pyridine rings is 2. The minimum Gasteiger partial charge on any atom is -0.394 e. The van der Waals surface area contributed by atoms with Crippen LogP contribution in [0.3, 0.4) is 0 Å². The third-order valence-electron chi connectivity index (χ3n) is 4.57. The van der Waals surface area contributed by atoms with E-state index in [0.717, 1.165) is 10.9 Å². The molecule has 0 bridgehead atoms. The summed E-state index contributed by atoms with van der Waals surface area (Å²) in [5.74, 6) is -0.969. The Balaban J connectivity index is 1.51. The van der Waals surface area contributed by atoms with E-state index in [4.69, 9.17) is 0 Å². The minimum absolute atomic E-state index is 0.388. The van der Waals surface area contributed by atoms with E-state index in [1.165, 1.54) is 6.20 Å². The van der Waals surface area contributed by atoms with Gasteiger partial charge in [-0.05, 0) is 36.4 Å². The quantitative estimate of drug-likeness (QED) is 0.489. The maximum atomic E-state index is 12.7. The highest BCUT2D eigenvalue weighted by Gasteiger charge is 2.22. The van der Waals surface area contributed by atoms with Gasteiger partial charge in [0, 0.05) is 28.9 Å². The molecule has 0 saturated heterocycles. The summed E-state index contributed by atoms with van der Waals surface area (Å²) in [5.41, 5.74) is 2.42. The van der Waals surface area contributed by atoms with E-state index < -0.39 is 24.5 Å². The van der Waals surface area contributed by atoms with Gasteiger partial charge in [-0.2, -0.15) is 0 Å². The van der Waals surface area contributed by atoms with E-state index in [0.29, 0.717) is 22.2 Å². The van der Waals surface area contributed by atoms with Gasteiger partial charge in [-0.3, -0.25) is 19.6 Å². The van der Waals surface area contributed by atoms with Gasteiger partial charge in [-0.15, -0.1) is 0 Å². The van der Waals surface area contributed by atoms with Crippen molar-refractivity contribution < 1.29 is 14.7 Å².